The summed E-state index contributed by atoms with van der Waals surface area (Å²) in [6.07, 6.45) is -2.61. The van der Waals surface area contributed by atoms with Crippen LogP contribution in [0, 0.1) is 0 Å². The molecule has 1 aromatic rings. The van der Waals surface area contributed by atoms with Crippen molar-refractivity contribution in [1.29, 1.82) is 0 Å². The van der Waals surface area contributed by atoms with Gasteiger partial charge in [0.1, 0.15) is 6.42 Å². The number of carbonyl (C=O) groups is 2. The molecule has 0 radical (unpaired) electrons. The molecule has 1 rings (SSSR count). The van der Waals surface area contributed by atoms with Gasteiger partial charge in [-0.25, -0.2) is 0 Å². The number of halogens is 3. The Labute approximate surface area is 114 Å². The van der Waals surface area contributed by atoms with E-state index in [1.54, 1.807) is 30.3 Å². The van der Waals surface area contributed by atoms with Crippen molar-refractivity contribution in [3.05, 3.63) is 53.6 Å². The van der Waals surface area contributed by atoms with E-state index in [-0.39, 0.29) is 11.4 Å². The maximum Gasteiger partial charge on any atom is 0.396 e. The number of ketones is 2. The lowest BCUT2D eigenvalue weighted by atomic mass is 10.0. The number of hydrogen-bond acceptors (Lipinski definition) is 2. The number of hydrogen-bond donors (Lipinski definition) is 0. The summed E-state index contributed by atoms with van der Waals surface area (Å²) in [6, 6.07) is 8.46. The van der Waals surface area contributed by atoms with Crippen molar-refractivity contribution in [3.63, 3.8) is 0 Å². The quantitative estimate of drug-likeness (QED) is 0.609. The molecule has 0 bridgehead atoms. The van der Waals surface area contributed by atoms with Crippen molar-refractivity contribution in [2.24, 2.45) is 0 Å². The van der Waals surface area contributed by atoms with E-state index >= 15 is 0 Å². The fourth-order valence-corrected chi connectivity index (χ4v) is 1.44. The van der Waals surface area contributed by atoms with Crippen LogP contribution in [-0.4, -0.2) is 17.7 Å². The van der Waals surface area contributed by atoms with E-state index in [1.165, 1.54) is 13.0 Å². The van der Waals surface area contributed by atoms with Crippen molar-refractivity contribution in [2.45, 2.75) is 19.5 Å². The highest BCUT2D eigenvalue weighted by atomic mass is 19.4. The first kappa shape index (κ1) is 15.9. The maximum absolute atomic E-state index is 12.3. The third-order valence-electron chi connectivity index (χ3n) is 2.30. The minimum absolute atomic E-state index is 0.149. The van der Waals surface area contributed by atoms with E-state index in [0.717, 1.165) is 12.2 Å². The number of Topliss-reactive ketones (excluding diaryl/α,β-unsaturated/α-hetero) is 1. The predicted octanol–water partition coefficient (Wildman–Crippen LogP) is 3.74. The lowest BCUT2D eigenvalue weighted by Gasteiger charge is -2.06. The summed E-state index contributed by atoms with van der Waals surface area (Å²) in [5, 5.41) is 0. The van der Waals surface area contributed by atoms with Crippen LogP contribution in [0.25, 0.3) is 6.08 Å². The van der Waals surface area contributed by atoms with Crippen molar-refractivity contribution >= 4 is 17.6 Å². The Morgan fingerprint density at radius 2 is 1.70 bits per heavy atom. The molecule has 0 aromatic heterocycles. The van der Waals surface area contributed by atoms with Crippen LogP contribution in [0.1, 0.15) is 18.9 Å². The highest BCUT2D eigenvalue weighted by Crippen LogP contribution is 2.23. The van der Waals surface area contributed by atoms with Crippen LogP contribution in [0.3, 0.4) is 0 Å². The number of rotatable bonds is 5. The Morgan fingerprint density at radius 1 is 1.10 bits per heavy atom. The van der Waals surface area contributed by atoms with Crippen molar-refractivity contribution in [3.8, 4) is 0 Å². The summed E-state index contributed by atoms with van der Waals surface area (Å²) >= 11 is 0. The van der Waals surface area contributed by atoms with Crippen LogP contribution in [0.2, 0.25) is 0 Å². The standard InChI is InChI=1S/C15H13F3O2/c1-11(19)7-8-13(14(20)10-15(16,17)18)9-12-5-3-2-4-6-12/h2-9H,10H2,1H3. The van der Waals surface area contributed by atoms with Gasteiger partial charge in [-0.05, 0) is 30.7 Å². The van der Waals surface area contributed by atoms with Gasteiger partial charge in [-0.15, -0.1) is 0 Å². The monoisotopic (exact) mass is 282 g/mol. The average molecular weight is 282 g/mol. The van der Waals surface area contributed by atoms with Gasteiger partial charge in [0.25, 0.3) is 0 Å². The third-order valence-corrected chi connectivity index (χ3v) is 2.30. The lowest BCUT2D eigenvalue weighted by molar-refractivity contribution is -0.149. The summed E-state index contributed by atoms with van der Waals surface area (Å²) < 4.78 is 36.8. The zero-order chi connectivity index (χ0) is 15.2. The van der Waals surface area contributed by atoms with Gasteiger partial charge < -0.3 is 0 Å². The van der Waals surface area contributed by atoms with Crippen LogP contribution in [0.4, 0.5) is 13.2 Å². The predicted molar refractivity (Wildman–Crippen MR) is 69.9 cm³/mol. The Kier molecular flexibility index (Phi) is 5.43. The summed E-state index contributed by atoms with van der Waals surface area (Å²) in [4.78, 5) is 22.5. The first-order valence-electron chi connectivity index (χ1n) is 5.83. The highest BCUT2D eigenvalue weighted by Gasteiger charge is 2.31. The normalized spacial score (nSPS) is 12.7. The maximum atomic E-state index is 12.3. The van der Waals surface area contributed by atoms with Crippen molar-refractivity contribution in [1.82, 2.24) is 0 Å². The Hall–Kier alpha value is -2.17. The summed E-state index contributed by atoms with van der Waals surface area (Å²) in [5.74, 6) is -1.41. The van der Waals surface area contributed by atoms with Gasteiger partial charge in [0.15, 0.2) is 11.6 Å². The van der Waals surface area contributed by atoms with E-state index in [2.05, 4.69) is 0 Å². The third kappa shape index (κ3) is 6.13. The Balaban J connectivity index is 3.06. The molecular formula is C15H13F3O2. The minimum atomic E-state index is -4.57. The summed E-state index contributed by atoms with van der Waals surface area (Å²) in [6.45, 7) is 1.25. The van der Waals surface area contributed by atoms with E-state index in [0.29, 0.717) is 5.56 Å². The fraction of sp³-hybridized carbons (Fsp3) is 0.200. The molecule has 0 heterocycles. The number of carbonyl (C=O) groups excluding carboxylic acids is 2. The first-order chi connectivity index (χ1) is 9.28. The molecule has 0 aliphatic carbocycles. The fourth-order valence-electron chi connectivity index (χ4n) is 1.44. The second-order valence-corrected chi connectivity index (χ2v) is 4.17. The zero-order valence-electron chi connectivity index (χ0n) is 10.8. The van der Waals surface area contributed by atoms with Gasteiger partial charge in [-0.1, -0.05) is 30.3 Å². The number of benzene rings is 1. The number of allylic oxidation sites excluding steroid dienone is 3. The summed E-state index contributed by atoms with van der Waals surface area (Å²) in [5.41, 5.74) is 0.440. The van der Waals surface area contributed by atoms with E-state index < -0.39 is 18.4 Å². The molecule has 5 heteroatoms. The second kappa shape index (κ2) is 6.84. The van der Waals surface area contributed by atoms with E-state index in [4.69, 9.17) is 0 Å². The molecular weight excluding hydrogens is 269 g/mol. The first-order valence-corrected chi connectivity index (χ1v) is 5.83. The SMILES string of the molecule is CC(=O)C=CC(=Cc1ccccc1)C(=O)CC(F)(F)F. The molecule has 0 spiro atoms. The van der Waals surface area contributed by atoms with Gasteiger partial charge >= 0.3 is 6.18 Å². The molecule has 2 nitrogen and oxygen atoms in total. The molecule has 0 aliphatic rings. The molecule has 0 saturated heterocycles. The van der Waals surface area contributed by atoms with Gasteiger partial charge in [0, 0.05) is 5.57 Å². The topological polar surface area (TPSA) is 34.1 Å². The van der Waals surface area contributed by atoms with E-state index in [1.807, 2.05) is 0 Å². The molecule has 0 fully saturated rings. The molecule has 0 atom stereocenters. The zero-order valence-corrected chi connectivity index (χ0v) is 10.8. The van der Waals surface area contributed by atoms with Crippen LogP contribution < -0.4 is 0 Å². The van der Waals surface area contributed by atoms with Gasteiger partial charge in [0.05, 0.1) is 0 Å². The van der Waals surface area contributed by atoms with Crippen molar-refractivity contribution < 1.29 is 22.8 Å². The Bertz CT molecular complexity index is 540. The van der Waals surface area contributed by atoms with E-state index in [9.17, 15) is 22.8 Å². The average Bonchev–Trinajstić information content (AvgIpc) is 2.33. The minimum Gasteiger partial charge on any atom is -0.295 e. The van der Waals surface area contributed by atoms with Crippen LogP contribution in [0.15, 0.2) is 48.1 Å². The smallest absolute Gasteiger partial charge is 0.295 e. The highest BCUT2D eigenvalue weighted by molar-refractivity contribution is 6.03. The van der Waals surface area contributed by atoms with Gasteiger partial charge in [0.2, 0.25) is 0 Å². The van der Waals surface area contributed by atoms with Crippen LogP contribution in [0.5, 0.6) is 0 Å². The molecule has 106 valence electrons. The van der Waals surface area contributed by atoms with Crippen LogP contribution in [-0.2, 0) is 9.59 Å². The molecule has 20 heavy (non-hydrogen) atoms. The molecule has 0 aliphatic heterocycles. The number of alkyl halides is 3. The molecule has 1 aromatic carbocycles. The lowest BCUT2D eigenvalue weighted by Crippen LogP contribution is -2.15. The van der Waals surface area contributed by atoms with Crippen molar-refractivity contribution in [2.75, 3.05) is 0 Å². The largest absolute Gasteiger partial charge is 0.396 e. The van der Waals surface area contributed by atoms with Crippen LogP contribution >= 0.6 is 0 Å². The Morgan fingerprint density at radius 3 is 2.20 bits per heavy atom. The molecule has 0 amide bonds. The molecule has 0 N–H and O–H groups in total. The molecule has 0 unspecified atom stereocenters. The van der Waals surface area contributed by atoms with Gasteiger partial charge in [-0.3, -0.25) is 9.59 Å². The van der Waals surface area contributed by atoms with Gasteiger partial charge in [-0.2, -0.15) is 13.2 Å². The summed E-state index contributed by atoms with van der Waals surface area (Å²) in [7, 11) is 0. The molecule has 0 saturated carbocycles. The second-order valence-electron chi connectivity index (χ2n) is 4.17.